The van der Waals surface area contributed by atoms with Gasteiger partial charge in [-0.25, -0.2) is 4.79 Å². The van der Waals surface area contributed by atoms with Gasteiger partial charge in [-0.05, 0) is 40.0 Å². The number of carbonyl (C=O) groups excluding carboxylic acids is 1. The van der Waals surface area contributed by atoms with Crippen LogP contribution in [-0.2, 0) is 4.74 Å². The first-order valence-electron chi connectivity index (χ1n) is 5.54. The molecule has 0 saturated carbocycles. The molecule has 0 aromatic carbocycles. The molecule has 1 aliphatic heterocycles. The summed E-state index contributed by atoms with van der Waals surface area (Å²) in [5.74, 6) is 0. The first kappa shape index (κ1) is 12.7. The fourth-order valence-electron chi connectivity index (χ4n) is 1.59. The van der Waals surface area contributed by atoms with Crippen LogP contribution in [0.15, 0.2) is 0 Å². The van der Waals surface area contributed by atoms with E-state index in [4.69, 9.17) is 4.74 Å². The third-order valence-electron chi connectivity index (χ3n) is 2.35. The second-order valence-corrected chi connectivity index (χ2v) is 5.78. The number of hydrogen-bond donors (Lipinski definition) is 1. The molecule has 0 bridgehead atoms. The lowest BCUT2D eigenvalue weighted by molar-refractivity contribution is 0.0257. The minimum Gasteiger partial charge on any atom is -0.444 e. The summed E-state index contributed by atoms with van der Waals surface area (Å²) in [5, 5.41) is 0.428. The van der Waals surface area contributed by atoms with E-state index in [1.54, 1.807) is 4.90 Å². The van der Waals surface area contributed by atoms with Crippen LogP contribution < -0.4 is 0 Å². The minimum absolute atomic E-state index is 0.190. The molecule has 15 heavy (non-hydrogen) atoms. The fourth-order valence-corrected chi connectivity index (χ4v) is 1.89. The molecule has 1 heterocycles. The van der Waals surface area contributed by atoms with Crippen molar-refractivity contribution in [3.63, 3.8) is 0 Å². The van der Waals surface area contributed by atoms with Gasteiger partial charge in [-0.15, -0.1) is 0 Å². The zero-order valence-electron chi connectivity index (χ0n) is 9.82. The van der Waals surface area contributed by atoms with Gasteiger partial charge in [0, 0.05) is 18.3 Å². The van der Waals surface area contributed by atoms with Crippen molar-refractivity contribution < 1.29 is 9.53 Å². The highest BCUT2D eigenvalue weighted by molar-refractivity contribution is 7.80. The highest BCUT2D eigenvalue weighted by Crippen LogP contribution is 2.18. The summed E-state index contributed by atoms with van der Waals surface area (Å²) < 4.78 is 5.33. The lowest BCUT2D eigenvalue weighted by Gasteiger charge is -2.26. The van der Waals surface area contributed by atoms with Crippen molar-refractivity contribution >= 4 is 18.7 Å². The molecule has 88 valence electrons. The molecule has 1 saturated heterocycles. The normalized spacial score (nSPS) is 23.5. The maximum Gasteiger partial charge on any atom is 0.410 e. The number of carbonyl (C=O) groups is 1. The van der Waals surface area contributed by atoms with Crippen molar-refractivity contribution in [2.75, 3.05) is 13.1 Å². The molecule has 3 nitrogen and oxygen atoms in total. The van der Waals surface area contributed by atoms with Crippen molar-refractivity contribution in [2.24, 2.45) is 0 Å². The fraction of sp³-hybridized carbons (Fsp3) is 0.909. The van der Waals surface area contributed by atoms with E-state index in [2.05, 4.69) is 12.6 Å². The Morgan fingerprint density at radius 2 is 2.00 bits per heavy atom. The van der Waals surface area contributed by atoms with Crippen molar-refractivity contribution in [3.8, 4) is 0 Å². The van der Waals surface area contributed by atoms with Gasteiger partial charge >= 0.3 is 6.09 Å². The molecule has 0 aliphatic carbocycles. The lowest BCUT2D eigenvalue weighted by Crippen LogP contribution is -2.37. The quantitative estimate of drug-likeness (QED) is 0.650. The highest BCUT2D eigenvalue weighted by Gasteiger charge is 2.23. The SMILES string of the molecule is CC(C)(C)OC(=O)N1CCCC(S)CC1. The number of hydrogen-bond acceptors (Lipinski definition) is 3. The number of amides is 1. The third-order valence-corrected chi connectivity index (χ3v) is 2.87. The molecule has 0 radical (unpaired) electrons. The largest absolute Gasteiger partial charge is 0.444 e. The predicted molar refractivity (Wildman–Crippen MR) is 64.4 cm³/mol. The van der Waals surface area contributed by atoms with Crippen molar-refractivity contribution in [1.29, 1.82) is 0 Å². The van der Waals surface area contributed by atoms with E-state index in [0.29, 0.717) is 5.25 Å². The second-order valence-electron chi connectivity index (χ2n) is 5.05. The molecular weight excluding hydrogens is 210 g/mol. The first-order valence-corrected chi connectivity index (χ1v) is 6.06. The molecule has 1 aliphatic rings. The Morgan fingerprint density at radius 1 is 1.33 bits per heavy atom. The maximum atomic E-state index is 11.8. The van der Waals surface area contributed by atoms with Gasteiger partial charge < -0.3 is 9.64 Å². The third kappa shape index (κ3) is 4.78. The summed E-state index contributed by atoms with van der Waals surface area (Å²) in [5.41, 5.74) is -0.399. The van der Waals surface area contributed by atoms with Crippen LogP contribution in [0.5, 0.6) is 0 Å². The number of rotatable bonds is 0. The molecule has 0 aromatic rings. The topological polar surface area (TPSA) is 29.5 Å². The minimum atomic E-state index is -0.399. The van der Waals surface area contributed by atoms with Gasteiger partial charge in [-0.2, -0.15) is 12.6 Å². The number of likely N-dealkylation sites (tertiary alicyclic amines) is 1. The molecule has 1 unspecified atom stereocenters. The van der Waals surface area contributed by atoms with Gasteiger partial charge in [0.05, 0.1) is 0 Å². The molecule has 1 atom stereocenters. The monoisotopic (exact) mass is 231 g/mol. The average Bonchev–Trinajstić information content (AvgIpc) is 2.26. The zero-order chi connectivity index (χ0) is 11.5. The van der Waals surface area contributed by atoms with Gasteiger partial charge in [0.15, 0.2) is 0 Å². The van der Waals surface area contributed by atoms with E-state index in [9.17, 15) is 4.79 Å². The highest BCUT2D eigenvalue weighted by atomic mass is 32.1. The van der Waals surface area contributed by atoms with E-state index in [1.165, 1.54) is 0 Å². The molecule has 1 rings (SSSR count). The van der Waals surface area contributed by atoms with E-state index in [1.807, 2.05) is 20.8 Å². The van der Waals surface area contributed by atoms with Crippen LogP contribution in [0.2, 0.25) is 0 Å². The summed E-state index contributed by atoms with van der Waals surface area (Å²) in [4.78, 5) is 13.5. The van der Waals surface area contributed by atoms with Crippen LogP contribution in [0.4, 0.5) is 4.79 Å². The predicted octanol–water partition coefficient (Wildman–Crippen LogP) is 2.71. The van der Waals surface area contributed by atoms with E-state index in [0.717, 1.165) is 32.4 Å². The van der Waals surface area contributed by atoms with Crippen LogP contribution in [0, 0.1) is 0 Å². The number of nitrogens with zero attached hydrogens (tertiary/aromatic N) is 1. The van der Waals surface area contributed by atoms with Crippen LogP contribution in [0.3, 0.4) is 0 Å². The standard InChI is InChI=1S/C11H21NO2S/c1-11(2,3)14-10(13)12-7-4-5-9(15)6-8-12/h9,15H,4-8H2,1-3H3. The Balaban J connectivity index is 2.45. The molecule has 0 N–H and O–H groups in total. The van der Waals surface area contributed by atoms with Crippen molar-refractivity contribution in [1.82, 2.24) is 4.90 Å². The lowest BCUT2D eigenvalue weighted by atomic mass is 10.2. The molecule has 0 aromatic heterocycles. The summed E-state index contributed by atoms with van der Waals surface area (Å²) in [6, 6.07) is 0. The van der Waals surface area contributed by atoms with Crippen LogP contribution in [0.1, 0.15) is 40.0 Å². The Kier molecular flexibility index (Phi) is 4.32. The summed E-state index contributed by atoms with van der Waals surface area (Å²) >= 11 is 4.45. The number of thiol groups is 1. The Hall–Kier alpha value is -0.380. The molecular formula is C11H21NO2S. The van der Waals surface area contributed by atoms with Crippen molar-refractivity contribution in [3.05, 3.63) is 0 Å². The second kappa shape index (κ2) is 5.10. The molecule has 4 heteroatoms. The molecule has 0 spiro atoms. The van der Waals surface area contributed by atoms with Gasteiger partial charge in [-0.3, -0.25) is 0 Å². The number of ether oxygens (including phenoxy) is 1. The Morgan fingerprint density at radius 3 is 2.60 bits per heavy atom. The first-order chi connectivity index (χ1) is 6.88. The van der Waals surface area contributed by atoms with E-state index in [-0.39, 0.29) is 6.09 Å². The average molecular weight is 231 g/mol. The summed E-state index contributed by atoms with van der Waals surface area (Å²) in [6.07, 6.45) is 2.88. The molecule has 1 amide bonds. The van der Waals surface area contributed by atoms with Crippen LogP contribution >= 0.6 is 12.6 Å². The van der Waals surface area contributed by atoms with Crippen LogP contribution in [-0.4, -0.2) is 34.9 Å². The van der Waals surface area contributed by atoms with Gasteiger partial charge in [0.25, 0.3) is 0 Å². The molecule has 1 fully saturated rings. The maximum absolute atomic E-state index is 11.8. The van der Waals surface area contributed by atoms with Crippen LogP contribution in [0.25, 0.3) is 0 Å². The Bertz CT molecular complexity index is 225. The smallest absolute Gasteiger partial charge is 0.410 e. The zero-order valence-corrected chi connectivity index (χ0v) is 10.7. The van der Waals surface area contributed by atoms with Crippen molar-refractivity contribution in [2.45, 2.75) is 50.9 Å². The van der Waals surface area contributed by atoms with E-state index >= 15 is 0 Å². The summed E-state index contributed by atoms with van der Waals surface area (Å²) in [7, 11) is 0. The van der Waals surface area contributed by atoms with Gasteiger partial charge in [0.2, 0.25) is 0 Å². The Labute approximate surface area is 97.6 Å². The van der Waals surface area contributed by atoms with Gasteiger partial charge in [-0.1, -0.05) is 0 Å². The van der Waals surface area contributed by atoms with E-state index < -0.39 is 5.60 Å². The van der Waals surface area contributed by atoms with Gasteiger partial charge in [0.1, 0.15) is 5.60 Å². The summed E-state index contributed by atoms with van der Waals surface area (Å²) in [6.45, 7) is 7.24.